The third-order valence-electron chi connectivity index (χ3n) is 3.66. The molecule has 0 saturated carbocycles. The number of hydrogen-bond donors (Lipinski definition) is 1. The van der Waals surface area contributed by atoms with E-state index >= 15 is 0 Å². The number of nitrogens with one attached hydrogen (secondary N) is 1. The van der Waals surface area contributed by atoms with E-state index in [0.29, 0.717) is 5.71 Å². The summed E-state index contributed by atoms with van der Waals surface area (Å²) in [4.78, 5) is 10.9. The van der Waals surface area contributed by atoms with Crippen molar-refractivity contribution in [2.75, 3.05) is 31.5 Å². The molecule has 0 bridgehead atoms. The number of aryl methyl sites for hydroxylation is 1. The van der Waals surface area contributed by atoms with Crippen LogP contribution in [0.3, 0.4) is 0 Å². The van der Waals surface area contributed by atoms with E-state index in [9.17, 15) is 0 Å². The largest absolute Gasteiger partial charge is 0.369 e. The van der Waals surface area contributed by atoms with Gasteiger partial charge in [0, 0.05) is 6.54 Å². The monoisotopic (exact) mass is 291 g/mol. The molecule has 0 aliphatic heterocycles. The van der Waals surface area contributed by atoms with Crippen LogP contribution >= 0.6 is 0 Å². The van der Waals surface area contributed by atoms with Crippen molar-refractivity contribution in [2.45, 2.75) is 40.0 Å². The van der Waals surface area contributed by atoms with Crippen molar-refractivity contribution in [3.8, 4) is 0 Å². The minimum atomic E-state index is 0.545. The molecule has 0 aliphatic rings. The number of rotatable bonds is 9. The molecule has 2 heterocycles. The third-order valence-corrected chi connectivity index (χ3v) is 3.66. The van der Waals surface area contributed by atoms with E-state index in [0.717, 1.165) is 43.0 Å². The lowest BCUT2D eigenvalue weighted by Gasteiger charge is -2.20. The van der Waals surface area contributed by atoms with E-state index in [1.54, 1.807) is 0 Å². The minimum Gasteiger partial charge on any atom is -0.369 e. The Bertz CT molecular complexity index is 554. The molecule has 0 amide bonds. The summed E-state index contributed by atoms with van der Waals surface area (Å²) in [5.41, 5.74) is 1.37. The van der Waals surface area contributed by atoms with E-state index in [1.165, 1.54) is 25.7 Å². The van der Waals surface area contributed by atoms with Crippen molar-refractivity contribution in [1.29, 1.82) is 0 Å². The summed E-state index contributed by atoms with van der Waals surface area (Å²) < 4.78 is 5.15. The van der Waals surface area contributed by atoms with Crippen LogP contribution in [-0.2, 0) is 0 Å². The van der Waals surface area contributed by atoms with Crippen LogP contribution in [0, 0.1) is 6.92 Å². The van der Waals surface area contributed by atoms with Crippen LogP contribution in [-0.4, -0.2) is 46.2 Å². The van der Waals surface area contributed by atoms with E-state index in [-0.39, 0.29) is 0 Å². The highest BCUT2D eigenvalue weighted by Crippen LogP contribution is 2.22. The predicted octanol–water partition coefficient (Wildman–Crippen LogP) is 2.85. The number of fused-ring (bicyclic) bond motifs is 1. The number of hydrogen-bond acceptors (Lipinski definition) is 6. The molecule has 2 aromatic heterocycles. The van der Waals surface area contributed by atoms with Crippen molar-refractivity contribution < 1.29 is 4.52 Å². The van der Waals surface area contributed by atoms with Crippen molar-refractivity contribution in [3.63, 3.8) is 0 Å². The first-order valence-corrected chi connectivity index (χ1v) is 7.79. The fourth-order valence-corrected chi connectivity index (χ4v) is 2.38. The zero-order valence-electron chi connectivity index (χ0n) is 13.2. The van der Waals surface area contributed by atoms with Gasteiger partial charge >= 0.3 is 0 Å². The van der Waals surface area contributed by atoms with Crippen molar-refractivity contribution in [2.24, 2.45) is 0 Å². The molecule has 0 radical (unpaired) electrons. The highest BCUT2D eigenvalue weighted by molar-refractivity contribution is 5.87. The molecule has 1 N–H and O–H groups in total. The van der Waals surface area contributed by atoms with E-state index in [1.807, 2.05) is 6.92 Å². The Hall–Kier alpha value is -1.69. The molecular formula is C15H25N5O. The Balaban J connectivity index is 1.83. The first kappa shape index (κ1) is 15.7. The molecule has 0 aliphatic carbocycles. The Morgan fingerprint density at radius 3 is 2.76 bits per heavy atom. The predicted molar refractivity (Wildman–Crippen MR) is 84.5 cm³/mol. The standard InChI is InChI=1S/C15H25N5O/c1-4-6-9-20(5-2)10-7-8-16-14-13-12(3)19-21-15(13)18-11-17-14/h11H,4-10H2,1-3H3,(H,16,17,18). The van der Waals surface area contributed by atoms with Gasteiger partial charge in [-0.25, -0.2) is 4.98 Å². The Morgan fingerprint density at radius 2 is 2.00 bits per heavy atom. The zero-order chi connectivity index (χ0) is 15.1. The lowest BCUT2D eigenvalue weighted by Crippen LogP contribution is -2.27. The maximum atomic E-state index is 5.15. The molecule has 2 rings (SSSR count). The van der Waals surface area contributed by atoms with Crippen LogP contribution in [0.2, 0.25) is 0 Å². The van der Waals surface area contributed by atoms with Crippen LogP contribution in [0.5, 0.6) is 0 Å². The summed E-state index contributed by atoms with van der Waals surface area (Å²) in [6.07, 6.45) is 5.12. The molecular weight excluding hydrogens is 266 g/mol. The fraction of sp³-hybridized carbons (Fsp3) is 0.667. The van der Waals surface area contributed by atoms with Gasteiger partial charge in [-0.05, 0) is 39.4 Å². The van der Waals surface area contributed by atoms with Crippen LogP contribution in [0.25, 0.3) is 11.1 Å². The van der Waals surface area contributed by atoms with Gasteiger partial charge in [0.05, 0.1) is 5.69 Å². The second kappa shape index (κ2) is 7.93. The molecule has 0 unspecified atom stereocenters. The van der Waals surface area contributed by atoms with Gasteiger partial charge in [-0.1, -0.05) is 25.4 Å². The van der Waals surface area contributed by atoms with E-state index < -0.39 is 0 Å². The minimum absolute atomic E-state index is 0.545. The molecule has 0 saturated heterocycles. The molecule has 21 heavy (non-hydrogen) atoms. The Kier molecular flexibility index (Phi) is 5.92. The summed E-state index contributed by atoms with van der Waals surface area (Å²) >= 11 is 0. The van der Waals surface area contributed by atoms with Crippen LogP contribution in [0.4, 0.5) is 5.82 Å². The highest BCUT2D eigenvalue weighted by atomic mass is 16.5. The third kappa shape index (κ3) is 4.14. The number of nitrogens with zero attached hydrogens (tertiary/aromatic N) is 4. The smallest absolute Gasteiger partial charge is 0.263 e. The van der Waals surface area contributed by atoms with Gasteiger partial charge in [0.15, 0.2) is 0 Å². The van der Waals surface area contributed by atoms with Gasteiger partial charge in [0.25, 0.3) is 5.71 Å². The Morgan fingerprint density at radius 1 is 1.19 bits per heavy atom. The van der Waals surface area contributed by atoms with Gasteiger partial charge in [0.1, 0.15) is 17.5 Å². The molecule has 0 atom stereocenters. The van der Waals surface area contributed by atoms with Crippen molar-refractivity contribution >= 4 is 16.9 Å². The zero-order valence-corrected chi connectivity index (χ0v) is 13.2. The van der Waals surface area contributed by atoms with Crippen LogP contribution in [0.1, 0.15) is 38.8 Å². The molecule has 6 heteroatoms. The van der Waals surface area contributed by atoms with E-state index in [4.69, 9.17) is 4.52 Å². The summed E-state index contributed by atoms with van der Waals surface area (Å²) in [6, 6.07) is 0. The first-order chi connectivity index (χ1) is 10.3. The van der Waals surface area contributed by atoms with Crippen LogP contribution < -0.4 is 5.32 Å². The molecule has 2 aromatic rings. The second-order valence-electron chi connectivity index (χ2n) is 5.24. The fourth-order valence-electron chi connectivity index (χ4n) is 2.38. The summed E-state index contributed by atoms with van der Waals surface area (Å²) in [6.45, 7) is 10.7. The normalized spacial score (nSPS) is 11.4. The topological polar surface area (TPSA) is 67.1 Å². The lowest BCUT2D eigenvalue weighted by molar-refractivity contribution is 0.282. The van der Waals surface area contributed by atoms with Crippen molar-refractivity contribution in [3.05, 3.63) is 12.0 Å². The lowest BCUT2D eigenvalue weighted by atomic mass is 10.3. The van der Waals surface area contributed by atoms with Crippen LogP contribution in [0.15, 0.2) is 10.9 Å². The van der Waals surface area contributed by atoms with Gasteiger partial charge < -0.3 is 14.7 Å². The van der Waals surface area contributed by atoms with Crippen molar-refractivity contribution in [1.82, 2.24) is 20.0 Å². The number of unbranched alkanes of at least 4 members (excludes halogenated alkanes) is 1. The molecule has 0 spiro atoms. The quantitative estimate of drug-likeness (QED) is 0.717. The van der Waals surface area contributed by atoms with E-state index in [2.05, 4.69) is 39.2 Å². The maximum absolute atomic E-state index is 5.15. The van der Waals surface area contributed by atoms with Gasteiger partial charge in [-0.3, -0.25) is 0 Å². The summed E-state index contributed by atoms with van der Waals surface area (Å²) in [5.74, 6) is 0.815. The van der Waals surface area contributed by atoms with Gasteiger partial charge in [-0.15, -0.1) is 0 Å². The average Bonchev–Trinajstić information content (AvgIpc) is 2.89. The summed E-state index contributed by atoms with van der Waals surface area (Å²) in [5, 5.41) is 8.19. The highest BCUT2D eigenvalue weighted by Gasteiger charge is 2.11. The molecule has 0 fully saturated rings. The maximum Gasteiger partial charge on any atom is 0.263 e. The summed E-state index contributed by atoms with van der Waals surface area (Å²) in [7, 11) is 0. The van der Waals surface area contributed by atoms with Gasteiger partial charge in [0.2, 0.25) is 0 Å². The number of aromatic nitrogens is 3. The van der Waals surface area contributed by atoms with Gasteiger partial charge in [-0.2, -0.15) is 4.98 Å². The number of anilines is 1. The molecule has 6 nitrogen and oxygen atoms in total. The SMILES string of the molecule is CCCCN(CC)CCCNc1ncnc2onc(C)c12. The molecule has 116 valence electrons. The molecule has 0 aromatic carbocycles. The average molecular weight is 291 g/mol. The Labute approximate surface area is 125 Å². The first-order valence-electron chi connectivity index (χ1n) is 7.79. The second-order valence-corrected chi connectivity index (χ2v) is 5.24.